The van der Waals surface area contributed by atoms with E-state index in [9.17, 15) is 4.79 Å². The number of rotatable bonds is 6. The monoisotopic (exact) mass is 387 g/mol. The predicted octanol–water partition coefficient (Wildman–Crippen LogP) is 3.18. The normalized spacial score (nSPS) is 10.7. The quantitative estimate of drug-likeness (QED) is 0.551. The minimum Gasteiger partial charge on any atom is -0.323 e. The summed E-state index contributed by atoms with van der Waals surface area (Å²) in [6.07, 6.45) is 8.85. The van der Waals surface area contributed by atoms with Crippen molar-refractivity contribution >= 4 is 11.7 Å². The Balaban J connectivity index is 1.40. The molecule has 0 spiro atoms. The molecule has 8 heteroatoms. The average Bonchev–Trinajstić information content (AvgIpc) is 3.41. The van der Waals surface area contributed by atoms with Crippen molar-refractivity contribution in [2.75, 3.05) is 12.4 Å². The smallest absolute Gasteiger partial charge is 0.321 e. The number of urea groups is 1. The third-order valence-electron chi connectivity index (χ3n) is 4.39. The molecular formula is C21H21N7O. The Morgan fingerprint density at radius 2 is 1.90 bits per heavy atom. The number of nitrogens with one attached hydrogen (secondary N) is 1. The fourth-order valence-corrected chi connectivity index (χ4v) is 2.97. The maximum Gasteiger partial charge on any atom is 0.321 e. The Morgan fingerprint density at radius 1 is 1.03 bits per heavy atom. The van der Waals surface area contributed by atoms with Crippen LogP contribution in [0, 0.1) is 0 Å². The molecule has 4 rings (SSSR count). The Kier molecular flexibility index (Phi) is 5.33. The molecule has 146 valence electrons. The van der Waals surface area contributed by atoms with Gasteiger partial charge in [-0.25, -0.2) is 14.5 Å². The number of hydrogen-bond donors (Lipinski definition) is 1. The van der Waals surface area contributed by atoms with E-state index < -0.39 is 0 Å². The SMILES string of the molecule is CN(Cc1cnn(Cc2ccccc2)c1)C(=O)Nc1cccnc1-n1cccn1. The fourth-order valence-electron chi connectivity index (χ4n) is 2.97. The number of pyridine rings is 1. The highest BCUT2D eigenvalue weighted by Gasteiger charge is 2.14. The molecule has 0 fully saturated rings. The summed E-state index contributed by atoms with van der Waals surface area (Å²) in [5, 5.41) is 11.5. The standard InChI is InChI=1S/C21H21N7O/c1-26(14-18-13-24-27(16-18)15-17-7-3-2-4-8-17)21(29)25-19-9-5-10-22-20(19)28-12-6-11-23-28/h2-13,16H,14-15H2,1H3,(H,25,29). The average molecular weight is 387 g/mol. The molecule has 29 heavy (non-hydrogen) atoms. The van der Waals surface area contributed by atoms with Gasteiger partial charge < -0.3 is 10.2 Å². The first-order chi connectivity index (χ1) is 14.2. The van der Waals surface area contributed by atoms with Crippen LogP contribution in [-0.2, 0) is 13.1 Å². The fraction of sp³-hybridized carbons (Fsp3) is 0.143. The van der Waals surface area contributed by atoms with Crippen LogP contribution in [0.4, 0.5) is 10.5 Å². The van der Waals surface area contributed by atoms with Crippen molar-refractivity contribution in [1.29, 1.82) is 0 Å². The van der Waals surface area contributed by atoms with Crippen molar-refractivity contribution < 1.29 is 4.79 Å². The van der Waals surface area contributed by atoms with Crippen LogP contribution in [0.15, 0.2) is 79.5 Å². The summed E-state index contributed by atoms with van der Waals surface area (Å²) < 4.78 is 3.48. The number of carbonyl (C=O) groups excluding carboxylic acids is 1. The van der Waals surface area contributed by atoms with Gasteiger partial charge in [0.2, 0.25) is 0 Å². The zero-order valence-electron chi connectivity index (χ0n) is 16.0. The van der Waals surface area contributed by atoms with Gasteiger partial charge in [0.1, 0.15) is 0 Å². The van der Waals surface area contributed by atoms with E-state index in [2.05, 4.69) is 32.6 Å². The van der Waals surface area contributed by atoms with Crippen LogP contribution in [0.5, 0.6) is 0 Å². The molecule has 1 N–H and O–H groups in total. The Labute approximate surface area is 168 Å². The van der Waals surface area contributed by atoms with Gasteiger partial charge in [0.05, 0.1) is 25.0 Å². The Hall–Kier alpha value is -3.94. The molecule has 0 aliphatic heterocycles. The van der Waals surface area contributed by atoms with Crippen LogP contribution in [0.25, 0.3) is 5.82 Å². The number of hydrogen-bond acceptors (Lipinski definition) is 4. The summed E-state index contributed by atoms with van der Waals surface area (Å²) >= 11 is 0. The van der Waals surface area contributed by atoms with Gasteiger partial charge in [-0.15, -0.1) is 0 Å². The summed E-state index contributed by atoms with van der Waals surface area (Å²) in [6.45, 7) is 1.14. The Bertz CT molecular complexity index is 1070. The van der Waals surface area contributed by atoms with Gasteiger partial charge in [0.25, 0.3) is 0 Å². The maximum absolute atomic E-state index is 12.7. The van der Waals surface area contributed by atoms with Crippen molar-refractivity contribution in [3.8, 4) is 5.82 Å². The van der Waals surface area contributed by atoms with Crippen molar-refractivity contribution in [2.45, 2.75) is 13.1 Å². The van der Waals surface area contributed by atoms with Crippen molar-refractivity contribution in [2.24, 2.45) is 0 Å². The molecule has 4 aromatic rings. The largest absolute Gasteiger partial charge is 0.323 e. The van der Waals surface area contributed by atoms with Gasteiger partial charge in [-0.05, 0) is 23.8 Å². The molecule has 0 unspecified atom stereocenters. The first-order valence-electron chi connectivity index (χ1n) is 9.21. The lowest BCUT2D eigenvalue weighted by Crippen LogP contribution is -2.31. The van der Waals surface area contributed by atoms with Crippen LogP contribution in [0.3, 0.4) is 0 Å². The number of carbonyl (C=O) groups is 1. The van der Waals surface area contributed by atoms with Crippen LogP contribution in [0.2, 0.25) is 0 Å². The second-order valence-corrected chi connectivity index (χ2v) is 6.64. The summed E-state index contributed by atoms with van der Waals surface area (Å²) in [7, 11) is 1.74. The lowest BCUT2D eigenvalue weighted by molar-refractivity contribution is 0.220. The number of aromatic nitrogens is 5. The van der Waals surface area contributed by atoms with E-state index in [-0.39, 0.29) is 6.03 Å². The first-order valence-corrected chi connectivity index (χ1v) is 9.21. The van der Waals surface area contributed by atoms with E-state index in [1.165, 1.54) is 5.56 Å². The summed E-state index contributed by atoms with van der Waals surface area (Å²) in [4.78, 5) is 18.6. The van der Waals surface area contributed by atoms with Crippen LogP contribution in [-0.4, -0.2) is 42.5 Å². The molecule has 2 amide bonds. The second-order valence-electron chi connectivity index (χ2n) is 6.64. The van der Waals surface area contributed by atoms with Gasteiger partial charge in [-0.2, -0.15) is 10.2 Å². The lowest BCUT2D eigenvalue weighted by atomic mass is 10.2. The maximum atomic E-state index is 12.7. The molecule has 0 radical (unpaired) electrons. The zero-order valence-corrected chi connectivity index (χ0v) is 16.0. The third-order valence-corrected chi connectivity index (χ3v) is 4.39. The van der Waals surface area contributed by atoms with E-state index in [1.807, 2.05) is 29.1 Å². The minimum atomic E-state index is -0.234. The third kappa shape index (κ3) is 4.49. The molecule has 3 aromatic heterocycles. The number of amides is 2. The van der Waals surface area contributed by atoms with Crippen molar-refractivity contribution in [3.05, 3.63) is 90.6 Å². The summed E-state index contributed by atoms with van der Waals surface area (Å²) in [5.74, 6) is 0.565. The van der Waals surface area contributed by atoms with Gasteiger partial charge >= 0.3 is 6.03 Å². The van der Waals surface area contributed by atoms with E-state index >= 15 is 0 Å². The second kappa shape index (κ2) is 8.39. The number of anilines is 1. The summed E-state index contributed by atoms with van der Waals surface area (Å²) in [6, 6.07) is 15.3. The molecule has 0 saturated carbocycles. The number of nitrogens with zero attached hydrogens (tertiary/aromatic N) is 6. The molecule has 3 heterocycles. The van der Waals surface area contributed by atoms with Crippen LogP contribution < -0.4 is 5.32 Å². The predicted molar refractivity (Wildman–Crippen MR) is 110 cm³/mol. The molecule has 8 nitrogen and oxygen atoms in total. The molecule has 0 bridgehead atoms. The van der Waals surface area contributed by atoms with Gasteiger partial charge in [-0.3, -0.25) is 4.68 Å². The van der Waals surface area contributed by atoms with Gasteiger partial charge in [0, 0.05) is 37.4 Å². The van der Waals surface area contributed by atoms with E-state index in [0.29, 0.717) is 24.6 Å². The highest BCUT2D eigenvalue weighted by atomic mass is 16.2. The van der Waals surface area contributed by atoms with Gasteiger partial charge in [-0.1, -0.05) is 30.3 Å². The molecule has 0 aliphatic carbocycles. The van der Waals surface area contributed by atoms with E-state index in [1.54, 1.807) is 59.6 Å². The van der Waals surface area contributed by atoms with E-state index in [4.69, 9.17) is 0 Å². The minimum absolute atomic E-state index is 0.234. The van der Waals surface area contributed by atoms with Crippen LogP contribution in [0.1, 0.15) is 11.1 Å². The molecule has 0 aliphatic rings. The first kappa shape index (κ1) is 18.4. The van der Waals surface area contributed by atoms with E-state index in [0.717, 1.165) is 5.56 Å². The zero-order chi connectivity index (χ0) is 20.1. The molecular weight excluding hydrogens is 366 g/mol. The topological polar surface area (TPSA) is 80.9 Å². The molecule has 0 atom stereocenters. The van der Waals surface area contributed by atoms with Crippen LogP contribution >= 0.6 is 0 Å². The highest BCUT2D eigenvalue weighted by molar-refractivity contribution is 5.90. The summed E-state index contributed by atoms with van der Waals surface area (Å²) in [5.41, 5.74) is 2.72. The number of benzene rings is 1. The highest BCUT2D eigenvalue weighted by Crippen LogP contribution is 2.17. The molecule has 1 aromatic carbocycles. The van der Waals surface area contributed by atoms with Crippen molar-refractivity contribution in [1.82, 2.24) is 29.4 Å². The molecule has 0 saturated heterocycles. The lowest BCUT2D eigenvalue weighted by Gasteiger charge is -2.18. The Morgan fingerprint density at radius 3 is 2.69 bits per heavy atom. The van der Waals surface area contributed by atoms with Gasteiger partial charge in [0.15, 0.2) is 5.82 Å². The van der Waals surface area contributed by atoms with Crippen molar-refractivity contribution in [3.63, 3.8) is 0 Å².